The van der Waals surface area contributed by atoms with Crippen LogP contribution in [0.25, 0.3) is 0 Å². The summed E-state index contributed by atoms with van der Waals surface area (Å²) >= 11 is 5.08. The number of aromatic nitrogens is 1. The van der Waals surface area contributed by atoms with Crippen molar-refractivity contribution >= 4 is 28.6 Å². The first-order valence-electron chi connectivity index (χ1n) is 5.66. The third-order valence-corrected chi connectivity index (χ3v) is 2.97. The minimum absolute atomic E-state index is 0.391. The van der Waals surface area contributed by atoms with E-state index in [1.54, 1.807) is 12.4 Å². The van der Waals surface area contributed by atoms with E-state index in [-0.39, 0.29) is 0 Å². The molecule has 0 aliphatic heterocycles. The Labute approximate surface area is 112 Å². The minimum Gasteiger partial charge on any atom is -0.389 e. The van der Waals surface area contributed by atoms with Gasteiger partial charge in [0, 0.05) is 17.4 Å². The third kappa shape index (κ3) is 2.65. The quantitative estimate of drug-likeness (QED) is 0.830. The first kappa shape index (κ1) is 12.5. The smallest absolute Gasteiger partial charge is 0.106 e. The second-order valence-electron chi connectivity index (χ2n) is 4.23. The molecule has 4 heteroatoms. The fourth-order valence-corrected chi connectivity index (χ4v) is 1.88. The zero-order valence-corrected chi connectivity index (χ0v) is 11.2. The molecule has 92 valence electrons. The first-order chi connectivity index (χ1) is 8.58. The second kappa shape index (κ2) is 5.14. The summed E-state index contributed by atoms with van der Waals surface area (Å²) in [5.41, 5.74) is 10.7. The molecule has 0 bridgehead atoms. The van der Waals surface area contributed by atoms with E-state index in [4.69, 9.17) is 18.0 Å². The van der Waals surface area contributed by atoms with E-state index in [0.29, 0.717) is 4.99 Å². The van der Waals surface area contributed by atoms with Gasteiger partial charge in [-0.3, -0.25) is 4.98 Å². The van der Waals surface area contributed by atoms with Gasteiger partial charge in [-0.1, -0.05) is 23.8 Å². The Morgan fingerprint density at radius 1 is 1.22 bits per heavy atom. The molecule has 0 aliphatic rings. The van der Waals surface area contributed by atoms with Crippen molar-refractivity contribution in [2.75, 3.05) is 5.32 Å². The number of hydrogen-bond acceptors (Lipinski definition) is 3. The molecular weight excluding hydrogens is 242 g/mol. The van der Waals surface area contributed by atoms with Crippen LogP contribution in [0.15, 0.2) is 36.7 Å². The lowest BCUT2D eigenvalue weighted by atomic mass is 10.1. The van der Waals surface area contributed by atoms with E-state index in [1.807, 2.05) is 38.1 Å². The van der Waals surface area contributed by atoms with E-state index in [1.165, 1.54) is 0 Å². The normalized spacial score (nSPS) is 10.1. The molecule has 1 aromatic heterocycles. The number of pyridine rings is 1. The highest BCUT2D eigenvalue weighted by atomic mass is 32.1. The van der Waals surface area contributed by atoms with E-state index in [0.717, 1.165) is 28.1 Å². The Kier molecular flexibility index (Phi) is 3.58. The van der Waals surface area contributed by atoms with Gasteiger partial charge in [0.1, 0.15) is 4.99 Å². The maximum atomic E-state index is 5.75. The molecule has 1 heterocycles. The van der Waals surface area contributed by atoms with Crippen LogP contribution in [0.4, 0.5) is 11.4 Å². The number of benzene rings is 1. The number of thiocarbonyl (C=S) groups is 1. The van der Waals surface area contributed by atoms with Gasteiger partial charge < -0.3 is 11.1 Å². The van der Waals surface area contributed by atoms with E-state index in [9.17, 15) is 0 Å². The van der Waals surface area contributed by atoms with Crippen molar-refractivity contribution < 1.29 is 0 Å². The van der Waals surface area contributed by atoms with E-state index in [2.05, 4.69) is 10.3 Å². The van der Waals surface area contributed by atoms with Gasteiger partial charge >= 0.3 is 0 Å². The van der Waals surface area contributed by atoms with Crippen molar-refractivity contribution in [1.82, 2.24) is 4.98 Å². The van der Waals surface area contributed by atoms with E-state index >= 15 is 0 Å². The monoisotopic (exact) mass is 257 g/mol. The predicted octanol–water partition coefficient (Wildman–Crippen LogP) is 3.08. The van der Waals surface area contributed by atoms with Gasteiger partial charge in [-0.15, -0.1) is 0 Å². The Morgan fingerprint density at radius 3 is 2.67 bits per heavy atom. The topological polar surface area (TPSA) is 50.9 Å². The molecule has 0 amide bonds. The summed E-state index contributed by atoms with van der Waals surface area (Å²) in [5, 5.41) is 3.32. The predicted molar refractivity (Wildman–Crippen MR) is 79.3 cm³/mol. The van der Waals surface area contributed by atoms with Crippen LogP contribution in [-0.4, -0.2) is 9.97 Å². The van der Waals surface area contributed by atoms with Crippen molar-refractivity contribution in [1.29, 1.82) is 0 Å². The highest BCUT2D eigenvalue weighted by Gasteiger charge is 2.07. The molecule has 1 aromatic carbocycles. The zero-order chi connectivity index (χ0) is 13.1. The van der Waals surface area contributed by atoms with Crippen LogP contribution >= 0.6 is 12.2 Å². The van der Waals surface area contributed by atoms with Crippen LogP contribution in [-0.2, 0) is 0 Å². The molecule has 0 saturated carbocycles. The van der Waals surface area contributed by atoms with Gasteiger partial charge in [-0.05, 0) is 37.6 Å². The third-order valence-electron chi connectivity index (χ3n) is 2.75. The van der Waals surface area contributed by atoms with Crippen LogP contribution < -0.4 is 11.1 Å². The molecule has 0 saturated heterocycles. The van der Waals surface area contributed by atoms with Crippen LogP contribution in [0, 0.1) is 13.8 Å². The number of anilines is 2. The van der Waals surface area contributed by atoms with Crippen LogP contribution in [0.2, 0.25) is 0 Å². The number of aryl methyl sites for hydroxylation is 2. The van der Waals surface area contributed by atoms with Crippen molar-refractivity contribution in [3.05, 3.63) is 53.3 Å². The molecule has 3 N–H and O–H groups in total. The summed E-state index contributed by atoms with van der Waals surface area (Å²) in [7, 11) is 0. The molecular formula is C14H15N3S. The summed E-state index contributed by atoms with van der Waals surface area (Å²) in [6.45, 7) is 4.04. The standard InChI is InChI=1S/C14H15N3S/c1-9-3-4-12(11(7-9)14(15)18)17-13-8-16-6-5-10(13)2/h3-8,17H,1-2H3,(H2,15,18). The first-order valence-corrected chi connectivity index (χ1v) is 6.07. The second-order valence-corrected chi connectivity index (χ2v) is 4.67. The van der Waals surface area contributed by atoms with Gasteiger partial charge in [0.25, 0.3) is 0 Å². The lowest BCUT2D eigenvalue weighted by Gasteiger charge is -2.13. The summed E-state index contributed by atoms with van der Waals surface area (Å²) < 4.78 is 0. The highest BCUT2D eigenvalue weighted by molar-refractivity contribution is 7.80. The van der Waals surface area contributed by atoms with Crippen LogP contribution in [0.1, 0.15) is 16.7 Å². The largest absolute Gasteiger partial charge is 0.389 e. The minimum atomic E-state index is 0.391. The summed E-state index contributed by atoms with van der Waals surface area (Å²) in [6, 6.07) is 7.94. The number of nitrogens with one attached hydrogen (secondary N) is 1. The number of nitrogens with two attached hydrogens (primary N) is 1. The summed E-state index contributed by atoms with van der Waals surface area (Å²) in [4.78, 5) is 4.50. The molecule has 0 unspecified atom stereocenters. The Balaban J connectivity index is 2.41. The summed E-state index contributed by atoms with van der Waals surface area (Å²) in [5.74, 6) is 0. The van der Waals surface area contributed by atoms with Crippen LogP contribution in [0.3, 0.4) is 0 Å². The van der Waals surface area contributed by atoms with Crippen molar-refractivity contribution in [3.63, 3.8) is 0 Å². The highest BCUT2D eigenvalue weighted by Crippen LogP contribution is 2.23. The van der Waals surface area contributed by atoms with Gasteiger partial charge in [0.2, 0.25) is 0 Å². The van der Waals surface area contributed by atoms with Gasteiger partial charge in [0.05, 0.1) is 11.9 Å². The lowest BCUT2D eigenvalue weighted by Crippen LogP contribution is -2.12. The van der Waals surface area contributed by atoms with Gasteiger partial charge in [0.15, 0.2) is 0 Å². The van der Waals surface area contributed by atoms with Crippen molar-refractivity contribution in [3.8, 4) is 0 Å². The molecule has 0 aliphatic carbocycles. The van der Waals surface area contributed by atoms with Gasteiger partial charge in [-0.25, -0.2) is 0 Å². The number of hydrogen-bond donors (Lipinski definition) is 2. The Hall–Kier alpha value is -1.94. The molecule has 0 spiro atoms. The van der Waals surface area contributed by atoms with Crippen molar-refractivity contribution in [2.45, 2.75) is 13.8 Å². The molecule has 0 fully saturated rings. The molecule has 3 nitrogen and oxygen atoms in total. The average Bonchev–Trinajstić information content (AvgIpc) is 2.34. The zero-order valence-electron chi connectivity index (χ0n) is 10.4. The van der Waals surface area contributed by atoms with E-state index < -0.39 is 0 Å². The lowest BCUT2D eigenvalue weighted by molar-refractivity contribution is 1.28. The molecule has 18 heavy (non-hydrogen) atoms. The fraction of sp³-hybridized carbons (Fsp3) is 0.143. The Morgan fingerprint density at radius 2 is 2.00 bits per heavy atom. The summed E-state index contributed by atoms with van der Waals surface area (Å²) in [6.07, 6.45) is 3.56. The molecule has 2 rings (SSSR count). The molecule has 0 radical (unpaired) electrons. The number of nitrogens with zero attached hydrogens (tertiary/aromatic N) is 1. The Bertz CT molecular complexity index is 593. The van der Waals surface area contributed by atoms with Gasteiger partial charge in [-0.2, -0.15) is 0 Å². The molecule has 2 aromatic rings. The average molecular weight is 257 g/mol. The maximum absolute atomic E-state index is 5.75. The SMILES string of the molecule is Cc1ccc(Nc2cnccc2C)c(C(N)=S)c1. The fourth-order valence-electron chi connectivity index (χ4n) is 1.71. The number of rotatable bonds is 3. The van der Waals surface area contributed by atoms with Crippen LogP contribution in [0.5, 0.6) is 0 Å². The maximum Gasteiger partial charge on any atom is 0.106 e. The van der Waals surface area contributed by atoms with Crippen molar-refractivity contribution in [2.24, 2.45) is 5.73 Å². The molecule has 0 atom stereocenters.